The smallest absolute Gasteiger partial charge is 0.327 e. The van der Waals surface area contributed by atoms with Gasteiger partial charge in [-0.1, -0.05) is 90.4 Å². The Bertz CT molecular complexity index is 388. The molecular weight excluding hydrogens is 312 g/mol. The summed E-state index contributed by atoms with van der Waals surface area (Å²) in [7, 11) is -4.41. The second kappa shape index (κ2) is 15.0. The van der Waals surface area contributed by atoms with E-state index in [9.17, 15) is 8.42 Å². The number of rotatable bonds is 16. The monoisotopic (exact) mass is 348 g/mol. The molecule has 0 heterocycles. The zero-order chi connectivity index (χ0) is 17.4. The molecule has 0 saturated carbocycles. The van der Waals surface area contributed by atoms with E-state index >= 15 is 0 Å². The van der Waals surface area contributed by atoms with Crippen molar-refractivity contribution < 1.29 is 18.1 Å². The Hall–Kier alpha value is -0.550. The Balaban J connectivity index is 3.22. The Labute approximate surface area is 143 Å². The fourth-order valence-electron chi connectivity index (χ4n) is 2.67. The molecule has 2 N–H and O–H groups in total. The largest absolute Gasteiger partial charge is 0.497 e. The van der Waals surface area contributed by atoms with Gasteiger partial charge in [-0.15, -0.1) is 0 Å². The van der Waals surface area contributed by atoms with E-state index in [1.807, 2.05) is 0 Å². The predicted octanol–water partition coefficient (Wildman–Crippen LogP) is 6.15. The molecule has 0 aromatic rings. The maximum absolute atomic E-state index is 10.5. The second-order valence-corrected chi connectivity index (χ2v) is 7.77. The van der Waals surface area contributed by atoms with E-state index in [1.165, 1.54) is 76.7 Å². The lowest BCUT2D eigenvalue weighted by atomic mass is 10.0. The molecule has 0 atom stereocenters. The topological polar surface area (TPSA) is 74.6 Å². The standard InChI is InChI=1S/C18H36O4S/c1-2-3-4-5-6-7-8-9-10-11-12-13-14-15-16-17-18(19)23(20,21)22/h17,19H,2-16H2,1H3,(H,20,21,22)/b18-17+. The summed E-state index contributed by atoms with van der Waals surface area (Å²) >= 11 is 0. The van der Waals surface area contributed by atoms with E-state index in [2.05, 4.69) is 6.92 Å². The van der Waals surface area contributed by atoms with Crippen molar-refractivity contribution in [3.8, 4) is 0 Å². The molecule has 0 fully saturated rings. The molecule has 23 heavy (non-hydrogen) atoms. The van der Waals surface area contributed by atoms with Crippen LogP contribution in [0, 0.1) is 0 Å². The first-order valence-electron chi connectivity index (χ1n) is 9.35. The van der Waals surface area contributed by atoms with Crippen molar-refractivity contribution in [1.29, 1.82) is 0 Å². The van der Waals surface area contributed by atoms with Gasteiger partial charge < -0.3 is 5.11 Å². The first kappa shape index (κ1) is 22.4. The van der Waals surface area contributed by atoms with Crippen molar-refractivity contribution in [2.75, 3.05) is 0 Å². The lowest BCUT2D eigenvalue weighted by molar-refractivity contribution is 0.403. The molecule has 0 spiro atoms. The summed E-state index contributed by atoms with van der Waals surface area (Å²) < 4.78 is 29.6. The first-order valence-corrected chi connectivity index (χ1v) is 10.8. The first-order chi connectivity index (χ1) is 11.0. The van der Waals surface area contributed by atoms with Gasteiger partial charge in [0.05, 0.1) is 0 Å². The highest BCUT2D eigenvalue weighted by Crippen LogP contribution is 2.13. The number of aliphatic hydroxyl groups excluding tert-OH is 1. The molecule has 138 valence electrons. The molecule has 0 unspecified atom stereocenters. The normalized spacial score (nSPS) is 12.7. The summed E-state index contributed by atoms with van der Waals surface area (Å²) in [6.45, 7) is 2.25. The van der Waals surface area contributed by atoms with Crippen molar-refractivity contribution in [2.45, 2.75) is 103 Å². The van der Waals surface area contributed by atoms with Gasteiger partial charge in [0.25, 0.3) is 0 Å². The van der Waals surface area contributed by atoms with Crippen LogP contribution in [0.2, 0.25) is 0 Å². The quantitative estimate of drug-likeness (QED) is 0.199. The number of hydrogen-bond donors (Lipinski definition) is 2. The van der Waals surface area contributed by atoms with Crippen LogP contribution in [0.4, 0.5) is 0 Å². The molecule has 0 aliphatic heterocycles. The van der Waals surface area contributed by atoms with Gasteiger partial charge in [-0.05, 0) is 18.9 Å². The van der Waals surface area contributed by atoms with E-state index in [1.54, 1.807) is 0 Å². The van der Waals surface area contributed by atoms with Crippen molar-refractivity contribution in [2.24, 2.45) is 0 Å². The Morgan fingerprint density at radius 1 is 0.739 bits per heavy atom. The average molecular weight is 349 g/mol. The molecule has 5 heteroatoms. The van der Waals surface area contributed by atoms with Crippen LogP contribution < -0.4 is 0 Å². The molecule has 0 aromatic heterocycles. The van der Waals surface area contributed by atoms with Crippen molar-refractivity contribution in [3.05, 3.63) is 11.2 Å². The average Bonchev–Trinajstić information content (AvgIpc) is 2.50. The molecule has 0 aromatic carbocycles. The zero-order valence-corrected chi connectivity index (χ0v) is 15.6. The predicted molar refractivity (Wildman–Crippen MR) is 97.2 cm³/mol. The lowest BCUT2D eigenvalue weighted by Crippen LogP contribution is -2.00. The van der Waals surface area contributed by atoms with Crippen LogP contribution in [0.25, 0.3) is 0 Å². The third-order valence-corrected chi connectivity index (χ3v) is 4.84. The maximum Gasteiger partial charge on any atom is 0.327 e. The Morgan fingerprint density at radius 2 is 1.09 bits per heavy atom. The van der Waals surface area contributed by atoms with Gasteiger partial charge in [0, 0.05) is 0 Å². The fourth-order valence-corrected chi connectivity index (χ4v) is 3.00. The van der Waals surface area contributed by atoms with Crippen LogP contribution in [0.1, 0.15) is 103 Å². The van der Waals surface area contributed by atoms with Crippen LogP contribution in [-0.2, 0) is 10.1 Å². The minimum Gasteiger partial charge on any atom is -0.497 e. The van der Waals surface area contributed by atoms with E-state index in [0.29, 0.717) is 6.42 Å². The van der Waals surface area contributed by atoms with Crippen molar-refractivity contribution in [1.82, 2.24) is 0 Å². The third kappa shape index (κ3) is 16.1. The third-order valence-electron chi connectivity index (χ3n) is 4.14. The summed E-state index contributed by atoms with van der Waals surface area (Å²) in [5.41, 5.74) is 0. The molecule has 0 aliphatic rings. The van der Waals surface area contributed by atoms with E-state index in [-0.39, 0.29) is 0 Å². The number of allylic oxidation sites excluding steroid dienone is 1. The summed E-state index contributed by atoms with van der Waals surface area (Å²) in [5, 5.41) is 8.09. The highest BCUT2D eigenvalue weighted by atomic mass is 32.2. The SMILES string of the molecule is CCCCCCCCCCCCCCCC/C=C(\O)S(=O)(=O)O. The van der Waals surface area contributed by atoms with Crippen molar-refractivity contribution in [3.63, 3.8) is 0 Å². The highest BCUT2D eigenvalue weighted by Gasteiger charge is 2.09. The molecule has 4 nitrogen and oxygen atoms in total. The van der Waals surface area contributed by atoms with E-state index in [0.717, 1.165) is 19.3 Å². The Morgan fingerprint density at radius 3 is 1.43 bits per heavy atom. The number of hydrogen-bond acceptors (Lipinski definition) is 3. The summed E-state index contributed by atoms with van der Waals surface area (Å²) in [4.78, 5) is 0. The lowest BCUT2D eigenvalue weighted by Gasteiger charge is -2.03. The zero-order valence-electron chi connectivity index (χ0n) is 14.8. The van der Waals surface area contributed by atoms with Gasteiger partial charge in [0.15, 0.2) is 0 Å². The minimum atomic E-state index is -4.41. The summed E-state index contributed by atoms with van der Waals surface area (Å²) in [6.07, 6.45) is 19.5. The number of unbranched alkanes of at least 4 members (excludes halogenated alkanes) is 14. The fraction of sp³-hybridized carbons (Fsp3) is 0.889. The van der Waals surface area contributed by atoms with Gasteiger partial charge >= 0.3 is 10.1 Å². The molecule has 0 amide bonds. The van der Waals surface area contributed by atoms with Gasteiger partial charge in [-0.3, -0.25) is 4.55 Å². The van der Waals surface area contributed by atoms with Crippen LogP contribution in [-0.4, -0.2) is 18.1 Å². The summed E-state index contributed by atoms with van der Waals surface area (Å²) in [5.74, 6) is 0. The van der Waals surface area contributed by atoms with E-state index in [4.69, 9.17) is 9.66 Å². The van der Waals surface area contributed by atoms with Gasteiger partial charge in [0.1, 0.15) is 0 Å². The molecule has 0 radical (unpaired) electrons. The number of aliphatic hydroxyl groups is 1. The van der Waals surface area contributed by atoms with Gasteiger partial charge in [-0.2, -0.15) is 8.42 Å². The van der Waals surface area contributed by atoms with Crippen LogP contribution in [0.3, 0.4) is 0 Å². The van der Waals surface area contributed by atoms with E-state index < -0.39 is 15.2 Å². The molecular formula is C18H36O4S. The molecule has 0 bridgehead atoms. The van der Waals surface area contributed by atoms with Crippen LogP contribution in [0.5, 0.6) is 0 Å². The molecule has 0 saturated heterocycles. The highest BCUT2D eigenvalue weighted by molar-refractivity contribution is 7.89. The molecule has 0 aliphatic carbocycles. The van der Waals surface area contributed by atoms with Crippen molar-refractivity contribution >= 4 is 10.1 Å². The van der Waals surface area contributed by atoms with Crippen LogP contribution >= 0.6 is 0 Å². The van der Waals surface area contributed by atoms with Gasteiger partial charge in [0.2, 0.25) is 5.09 Å². The summed E-state index contributed by atoms with van der Waals surface area (Å²) in [6, 6.07) is 0. The Kier molecular flexibility index (Phi) is 14.6. The van der Waals surface area contributed by atoms with Crippen LogP contribution in [0.15, 0.2) is 11.2 Å². The maximum atomic E-state index is 10.5. The minimum absolute atomic E-state index is 0.490. The second-order valence-electron chi connectivity index (χ2n) is 6.40. The van der Waals surface area contributed by atoms with Gasteiger partial charge in [-0.25, -0.2) is 0 Å². The molecule has 0 rings (SSSR count).